The van der Waals surface area contributed by atoms with Crippen LogP contribution in [0.2, 0.25) is 0 Å². The van der Waals surface area contributed by atoms with E-state index in [1.54, 1.807) is 31.5 Å². The van der Waals surface area contributed by atoms with Gasteiger partial charge >= 0.3 is 6.18 Å². The fraction of sp³-hybridized carbons (Fsp3) is 0.143. The predicted molar refractivity (Wildman–Crippen MR) is 71.5 cm³/mol. The number of benzene rings is 1. The number of aromatic nitrogens is 1. The molecule has 104 valence electrons. The van der Waals surface area contributed by atoms with Gasteiger partial charge in [-0.2, -0.15) is 18.3 Å². The van der Waals surface area contributed by atoms with Gasteiger partial charge in [-0.25, -0.2) is 0 Å². The molecule has 6 heteroatoms. The second kappa shape index (κ2) is 5.73. The number of halogens is 3. The third-order valence-corrected chi connectivity index (χ3v) is 2.66. The molecule has 0 aliphatic carbocycles. The molecule has 0 spiro atoms. The van der Waals surface area contributed by atoms with E-state index in [0.717, 1.165) is 11.6 Å². The normalized spacial score (nSPS) is 12.3. The molecule has 0 bridgehead atoms. The average Bonchev–Trinajstić information content (AvgIpc) is 2.45. The Morgan fingerprint density at radius 2 is 1.90 bits per heavy atom. The van der Waals surface area contributed by atoms with E-state index in [9.17, 15) is 13.2 Å². The third kappa shape index (κ3) is 3.34. The Bertz CT molecular complexity index is 607. The molecule has 0 amide bonds. The van der Waals surface area contributed by atoms with Crippen LogP contribution in [0.3, 0.4) is 0 Å². The molecule has 1 aromatic heterocycles. The lowest BCUT2D eigenvalue weighted by Gasteiger charge is -2.12. The first-order valence-corrected chi connectivity index (χ1v) is 5.85. The van der Waals surface area contributed by atoms with Crippen LogP contribution in [-0.2, 0) is 6.18 Å². The van der Waals surface area contributed by atoms with Crippen molar-refractivity contribution in [2.24, 2.45) is 5.10 Å². The van der Waals surface area contributed by atoms with Crippen molar-refractivity contribution in [3.63, 3.8) is 0 Å². The summed E-state index contributed by atoms with van der Waals surface area (Å²) in [4.78, 5) is 3.93. The molecule has 0 saturated heterocycles. The van der Waals surface area contributed by atoms with Crippen molar-refractivity contribution in [3.8, 4) is 0 Å². The summed E-state index contributed by atoms with van der Waals surface area (Å²) in [6.07, 6.45) is -1.21. The number of alkyl halides is 3. The van der Waals surface area contributed by atoms with Crippen molar-refractivity contribution in [1.82, 2.24) is 4.98 Å². The molecule has 2 aromatic rings. The molecule has 0 radical (unpaired) electrons. The Morgan fingerprint density at radius 3 is 2.55 bits per heavy atom. The lowest BCUT2D eigenvalue weighted by Crippen LogP contribution is -2.09. The number of anilines is 1. The molecule has 1 N–H and O–H groups in total. The largest absolute Gasteiger partial charge is 0.418 e. The molecule has 0 aliphatic heterocycles. The molecule has 0 unspecified atom stereocenters. The van der Waals surface area contributed by atoms with Crippen molar-refractivity contribution in [2.45, 2.75) is 13.1 Å². The fourth-order valence-corrected chi connectivity index (χ4v) is 1.61. The first-order valence-electron chi connectivity index (χ1n) is 5.85. The second-order valence-corrected chi connectivity index (χ2v) is 4.09. The van der Waals surface area contributed by atoms with Crippen LogP contribution in [0, 0.1) is 0 Å². The molecule has 2 rings (SSSR count). The third-order valence-electron chi connectivity index (χ3n) is 2.66. The monoisotopic (exact) mass is 279 g/mol. The van der Waals surface area contributed by atoms with Crippen LogP contribution in [0.5, 0.6) is 0 Å². The van der Waals surface area contributed by atoms with E-state index in [0.29, 0.717) is 5.71 Å². The van der Waals surface area contributed by atoms with Gasteiger partial charge in [-0.3, -0.25) is 10.4 Å². The summed E-state index contributed by atoms with van der Waals surface area (Å²) in [7, 11) is 0. The van der Waals surface area contributed by atoms with Crippen LogP contribution in [0.1, 0.15) is 18.1 Å². The van der Waals surface area contributed by atoms with Gasteiger partial charge in [-0.05, 0) is 25.1 Å². The van der Waals surface area contributed by atoms with Crippen LogP contribution in [-0.4, -0.2) is 10.7 Å². The molecule has 1 aromatic carbocycles. The zero-order valence-corrected chi connectivity index (χ0v) is 10.6. The second-order valence-electron chi connectivity index (χ2n) is 4.09. The molecule has 0 aliphatic rings. The van der Waals surface area contributed by atoms with Gasteiger partial charge in [0.1, 0.15) is 0 Å². The quantitative estimate of drug-likeness (QED) is 0.682. The van der Waals surface area contributed by atoms with Gasteiger partial charge in [-0.15, -0.1) is 0 Å². The summed E-state index contributed by atoms with van der Waals surface area (Å²) in [5, 5.41) is 3.97. The van der Waals surface area contributed by atoms with Crippen LogP contribution < -0.4 is 5.43 Å². The van der Waals surface area contributed by atoms with E-state index in [4.69, 9.17) is 0 Å². The highest BCUT2D eigenvalue weighted by Gasteiger charge is 2.33. The van der Waals surface area contributed by atoms with E-state index in [2.05, 4.69) is 15.5 Å². The Labute approximate surface area is 114 Å². The van der Waals surface area contributed by atoms with Gasteiger partial charge < -0.3 is 0 Å². The summed E-state index contributed by atoms with van der Waals surface area (Å²) in [5.74, 6) is 0. The minimum absolute atomic E-state index is 0.0803. The maximum absolute atomic E-state index is 12.8. The highest BCUT2D eigenvalue weighted by atomic mass is 19.4. The highest BCUT2D eigenvalue weighted by molar-refractivity contribution is 5.98. The van der Waals surface area contributed by atoms with E-state index in [1.807, 2.05) is 0 Å². The molecule has 0 saturated carbocycles. The number of hydrazone groups is 1. The minimum atomic E-state index is -4.42. The van der Waals surface area contributed by atoms with Gasteiger partial charge in [0, 0.05) is 18.0 Å². The smallest absolute Gasteiger partial charge is 0.278 e. The van der Waals surface area contributed by atoms with E-state index in [1.165, 1.54) is 18.2 Å². The standard InChI is InChI=1S/C14H12F3N3/c1-10(11-5-4-8-18-9-11)19-20-13-7-3-2-6-12(13)14(15,16)17/h2-9,20H,1H3/b19-10+. The number of hydrogen-bond acceptors (Lipinski definition) is 3. The lowest BCUT2D eigenvalue weighted by molar-refractivity contribution is -0.136. The van der Waals surface area contributed by atoms with Crippen molar-refractivity contribution < 1.29 is 13.2 Å². The first-order chi connectivity index (χ1) is 9.48. The summed E-state index contributed by atoms with van der Waals surface area (Å²) < 4.78 is 38.4. The lowest BCUT2D eigenvalue weighted by atomic mass is 10.2. The fourth-order valence-electron chi connectivity index (χ4n) is 1.61. The van der Waals surface area contributed by atoms with Crippen LogP contribution in [0.15, 0.2) is 53.9 Å². The molecule has 20 heavy (non-hydrogen) atoms. The Kier molecular flexibility index (Phi) is 4.02. The van der Waals surface area contributed by atoms with Gasteiger partial charge in [-0.1, -0.05) is 18.2 Å². The van der Waals surface area contributed by atoms with Crippen LogP contribution >= 0.6 is 0 Å². The van der Waals surface area contributed by atoms with Crippen LogP contribution in [0.25, 0.3) is 0 Å². The highest BCUT2D eigenvalue weighted by Crippen LogP contribution is 2.34. The Morgan fingerprint density at radius 1 is 1.15 bits per heavy atom. The van der Waals surface area contributed by atoms with Crippen molar-refractivity contribution in [1.29, 1.82) is 0 Å². The molecular formula is C14H12F3N3. The average molecular weight is 279 g/mol. The van der Waals surface area contributed by atoms with Crippen LogP contribution in [0.4, 0.5) is 18.9 Å². The first kappa shape index (κ1) is 14.0. The number of para-hydroxylation sites is 1. The maximum Gasteiger partial charge on any atom is 0.418 e. The molecule has 0 atom stereocenters. The van der Waals surface area contributed by atoms with E-state index < -0.39 is 11.7 Å². The number of nitrogens with one attached hydrogen (secondary N) is 1. The zero-order valence-electron chi connectivity index (χ0n) is 10.6. The van der Waals surface area contributed by atoms with Crippen molar-refractivity contribution in [3.05, 3.63) is 59.9 Å². The van der Waals surface area contributed by atoms with Gasteiger partial charge in [0.05, 0.1) is 17.0 Å². The number of hydrogen-bond donors (Lipinski definition) is 1. The van der Waals surface area contributed by atoms with Gasteiger partial charge in [0.2, 0.25) is 0 Å². The SMILES string of the molecule is C/C(=N\Nc1ccccc1C(F)(F)F)c1cccnc1. The topological polar surface area (TPSA) is 37.3 Å². The summed E-state index contributed by atoms with van der Waals surface area (Å²) >= 11 is 0. The summed E-state index contributed by atoms with van der Waals surface area (Å²) in [5.41, 5.74) is 2.92. The minimum Gasteiger partial charge on any atom is -0.278 e. The van der Waals surface area contributed by atoms with Crippen molar-refractivity contribution in [2.75, 3.05) is 5.43 Å². The maximum atomic E-state index is 12.8. The zero-order chi connectivity index (χ0) is 14.6. The van der Waals surface area contributed by atoms with E-state index in [-0.39, 0.29) is 5.69 Å². The summed E-state index contributed by atoms with van der Waals surface area (Å²) in [6, 6.07) is 8.72. The predicted octanol–water partition coefficient (Wildman–Crippen LogP) is 3.94. The molecule has 0 fully saturated rings. The number of nitrogens with zero attached hydrogens (tertiary/aromatic N) is 2. The summed E-state index contributed by atoms with van der Waals surface area (Å²) in [6.45, 7) is 1.69. The molecule has 1 heterocycles. The van der Waals surface area contributed by atoms with Gasteiger partial charge in [0.15, 0.2) is 0 Å². The van der Waals surface area contributed by atoms with E-state index >= 15 is 0 Å². The Balaban J connectivity index is 2.24. The number of pyridine rings is 1. The van der Waals surface area contributed by atoms with Gasteiger partial charge in [0.25, 0.3) is 0 Å². The Hall–Kier alpha value is -2.37. The number of rotatable bonds is 3. The van der Waals surface area contributed by atoms with Crippen molar-refractivity contribution >= 4 is 11.4 Å². The molecule has 3 nitrogen and oxygen atoms in total. The molecular weight excluding hydrogens is 267 g/mol.